The Balaban J connectivity index is 2.92. The third-order valence-corrected chi connectivity index (χ3v) is 2.14. The molecule has 3 N–H and O–H groups in total. The Morgan fingerprint density at radius 2 is 2.13 bits per heavy atom. The minimum Gasteiger partial charge on any atom is -0.478 e. The summed E-state index contributed by atoms with van der Waals surface area (Å²) in [5.74, 6) is -0.715. The highest BCUT2D eigenvalue weighted by Gasteiger charge is 2.12. The smallest absolute Gasteiger partial charge is 0.337 e. The van der Waals surface area contributed by atoms with Gasteiger partial charge in [0, 0.05) is 5.39 Å². The lowest BCUT2D eigenvalue weighted by Gasteiger charge is -2.04. The lowest BCUT2D eigenvalue weighted by atomic mass is 10.1. The quantitative estimate of drug-likeness (QED) is 0.727. The molecule has 15 heavy (non-hydrogen) atoms. The summed E-state index contributed by atoms with van der Waals surface area (Å²) in [5, 5.41) is 9.58. The number of benzene rings is 1. The summed E-state index contributed by atoms with van der Waals surface area (Å²) < 4.78 is 0. The van der Waals surface area contributed by atoms with Crippen molar-refractivity contribution in [1.29, 1.82) is 0 Å². The maximum absolute atomic E-state index is 11.0. The highest BCUT2D eigenvalue weighted by Crippen LogP contribution is 2.22. The van der Waals surface area contributed by atoms with Crippen LogP contribution < -0.4 is 5.73 Å². The molecule has 0 spiro atoms. The maximum atomic E-state index is 11.0. The van der Waals surface area contributed by atoms with E-state index < -0.39 is 5.97 Å². The number of hydrogen-bond acceptors (Lipinski definition) is 4. The van der Waals surface area contributed by atoms with E-state index in [9.17, 15) is 4.79 Å². The van der Waals surface area contributed by atoms with Crippen LogP contribution in [0.25, 0.3) is 10.9 Å². The van der Waals surface area contributed by atoms with Gasteiger partial charge in [0.05, 0.1) is 11.1 Å². The van der Waals surface area contributed by atoms with Crippen LogP contribution in [0, 0.1) is 6.92 Å². The number of aromatic nitrogens is 2. The average molecular weight is 203 g/mol. The predicted octanol–water partition coefficient (Wildman–Crippen LogP) is 1.22. The van der Waals surface area contributed by atoms with Crippen molar-refractivity contribution >= 4 is 22.7 Å². The number of nitrogen functional groups attached to an aromatic ring is 1. The van der Waals surface area contributed by atoms with Gasteiger partial charge in [-0.25, -0.2) is 14.8 Å². The van der Waals surface area contributed by atoms with E-state index in [2.05, 4.69) is 9.97 Å². The number of nitrogens with zero attached hydrogens (tertiary/aromatic N) is 2. The molecule has 0 saturated heterocycles. The first kappa shape index (κ1) is 9.39. The number of carboxylic acids is 1. The van der Waals surface area contributed by atoms with Crippen molar-refractivity contribution in [1.82, 2.24) is 9.97 Å². The third-order valence-electron chi connectivity index (χ3n) is 2.14. The Hall–Kier alpha value is -2.17. The molecule has 1 heterocycles. The fourth-order valence-corrected chi connectivity index (χ4v) is 1.49. The molecule has 2 aromatic rings. The molecule has 5 nitrogen and oxygen atoms in total. The van der Waals surface area contributed by atoms with E-state index in [1.54, 1.807) is 19.1 Å². The number of nitrogens with two attached hydrogens (primary N) is 1. The molecule has 76 valence electrons. The van der Waals surface area contributed by atoms with Gasteiger partial charge in [0.15, 0.2) is 0 Å². The minimum atomic E-state index is -1.01. The van der Waals surface area contributed by atoms with Crippen molar-refractivity contribution in [2.45, 2.75) is 6.92 Å². The zero-order valence-corrected chi connectivity index (χ0v) is 8.06. The first-order chi connectivity index (χ1) is 7.09. The molecule has 0 aliphatic heterocycles. The van der Waals surface area contributed by atoms with Gasteiger partial charge in [0.1, 0.15) is 12.1 Å². The number of hydrogen-bond donors (Lipinski definition) is 2. The molecule has 0 aliphatic rings. The number of anilines is 1. The molecule has 0 fully saturated rings. The molecular formula is C10H9N3O2. The van der Waals surface area contributed by atoms with E-state index in [1.807, 2.05) is 0 Å². The molecule has 0 bridgehead atoms. The fraction of sp³-hybridized carbons (Fsp3) is 0.100. The van der Waals surface area contributed by atoms with E-state index in [1.165, 1.54) is 6.33 Å². The van der Waals surface area contributed by atoms with E-state index in [-0.39, 0.29) is 5.56 Å². The van der Waals surface area contributed by atoms with Crippen LogP contribution in [-0.4, -0.2) is 21.0 Å². The zero-order valence-electron chi connectivity index (χ0n) is 8.06. The van der Waals surface area contributed by atoms with Crippen molar-refractivity contribution in [3.05, 3.63) is 29.6 Å². The van der Waals surface area contributed by atoms with E-state index in [0.29, 0.717) is 16.7 Å². The summed E-state index contributed by atoms with van der Waals surface area (Å²) in [6.45, 7) is 1.80. The largest absolute Gasteiger partial charge is 0.478 e. The van der Waals surface area contributed by atoms with Crippen LogP contribution in [0.5, 0.6) is 0 Å². The van der Waals surface area contributed by atoms with Gasteiger partial charge in [-0.3, -0.25) is 0 Å². The molecule has 5 heteroatoms. The van der Waals surface area contributed by atoms with Crippen molar-refractivity contribution in [3.8, 4) is 0 Å². The normalized spacial score (nSPS) is 10.5. The first-order valence-corrected chi connectivity index (χ1v) is 4.33. The lowest BCUT2D eigenvalue weighted by molar-refractivity contribution is 0.0698. The highest BCUT2D eigenvalue weighted by atomic mass is 16.4. The van der Waals surface area contributed by atoms with Crippen LogP contribution in [0.15, 0.2) is 18.5 Å². The summed E-state index contributed by atoms with van der Waals surface area (Å²) in [7, 11) is 0. The Morgan fingerprint density at radius 3 is 2.80 bits per heavy atom. The second-order valence-electron chi connectivity index (χ2n) is 3.27. The lowest BCUT2D eigenvalue weighted by Crippen LogP contribution is -2.02. The molecule has 1 aromatic heterocycles. The van der Waals surface area contributed by atoms with Gasteiger partial charge in [-0.2, -0.15) is 0 Å². The number of carboxylic acid groups (broad SMARTS) is 1. The number of aryl methyl sites for hydroxylation is 1. The van der Waals surface area contributed by atoms with Crippen molar-refractivity contribution in [2.24, 2.45) is 0 Å². The summed E-state index contributed by atoms with van der Waals surface area (Å²) >= 11 is 0. The summed E-state index contributed by atoms with van der Waals surface area (Å²) in [5.41, 5.74) is 7.00. The van der Waals surface area contributed by atoms with Crippen molar-refractivity contribution in [2.75, 3.05) is 5.73 Å². The van der Waals surface area contributed by atoms with E-state index >= 15 is 0 Å². The Kier molecular flexibility index (Phi) is 2.00. The van der Waals surface area contributed by atoms with Gasteiger partial charge in [0.25, 0.3) is 0 Å². The summed E-state index contributed by atoms with van der Waals surface area (Å²) in [4.78, 5) is 18.7. The van der Waals surface area contributed by atoms with Crippen LogP contribution in [0.2, 0.25) is 0 Å². The molecule has 1 aromatic carbocycles. The summed E-state index contributed by atoms with van der Waals surface area (Å²) in [6.07, 6.45) is 1.26. The Bertz CT molecular complexity index is 552. The van der Waals surface area contributed by atoms with Crippen molar-refractivity contribution < 1.29 is 9.90 Å². The molecule has 0 atom stereocenters. The van der Waals surface area contributed by atoms with Gasteiger partial charge in [0.2, 0.25) is 0 Å². The van der Waals surface area contributed by atoms with Gasteiger partial charge in [-0.1, -0.05) is 0 Å². The van der Waals surface area contributed by atoms with Crippen LogP contribution in [-0.2, 0) is 0 Å². The van der Waals surface area contributed by atoms with Gasteiger partial charge in [-0.05, 0) is 24.6 Å². The average Bonchev–Trinajstić information content (AvgIpc) is 2.18. The Morgan fingerprint density at radius 1 is 1.40 bits per heavy atom. The fourth-order valence-electron chi connectivity index (χ4n) is 1.49. The second kappa shape index (κ2) is 3.20. The summed E-state index contributed by atoms with van der Waals surface area (Å²) in [6, 6.07) is 3.34. The molecule has 0 saturated carbocycles. The number of fused-ring (bicyclic) bond motifs is 1. The van der Waals surface area contributed by atoms with Crippen LogP contribution in [0.4, 0.5) is 5.82 Å². The van der Waals surface area contributed by atoms with Crippen LogP contribution >= 0.6 is 0 Å². The molecular weight excluding hydrogens is 194 g/mol. The SMILES string of the molecule is Cc1cc(C(=O)O)c2ncnc(N)c2c1. The van der Waals surface area contributed by atoms with Crippen LogP contribution in [0.3, 0.4) is 0 Å². The minimum absolute atomic E-state index is 0.152. The molecule has 0 aliphatic carbocycles. The van der Waals surface area contributed by atoms with Crippen LogP contribution in [0.1, 0.15) is 15.9 Å². The third kappa shape index (κ3) is 1.48. The topological polar surface area (TPSA) is 89.1 Å². The first-order valence-electron chi connectivity index (χ1n) is 4.33. The molecule has 2 rings (SSSR count). The number of rotatable bonds is 1. The number of carbonyl (C=O) groups is 1. The number of aromatic carboxylic acids is 1. The van der Waals surface area contributed by atoms with Crippen molar-refractivity contribution in [3.63, 3.8) is 0 Å². The Labute approximate surface area is 85.6 Å². The second-order valence-corrected chi connectivity index (χ2v) is 3.27. The highest BCUT2D eigenvalue weighted by molar-refractivity contribution is 6.04. The van der Waals surface area contributed by atoms with E-state index in [4.69, 9.17) is 10.8 Å². The monoisotopic (exact) mass is 203 g/mol. The van der Waals surface area contributed by atoms with E-state index in [0.717, 1.165) is 5.56 Å². The van der Waals surface area contributed by atoms with Gasteiger partial charge < -0.3 is 10.8 Å². The molecule has 0 radical (unpaired) electrons. The maximum Gasteiger partial charge on any atom is 0.337 e. The predicted molar refractivity (Wildman–Crippen MR) is 55.6 cm³/mol. The zero-order chi connectivity index (χ0) is 11.0. The van der Waals surface area contributed by atoms with Gasteiger partial charge >= 0.3 is 5.97 Å². The van der Waals surface area contributed by atoms with Gasteiger partial charge in [-0.15, -0.1) is 0 Å². The molecule has 0 unspecified atom stereocenters. The standard InChI is InChI=1S/C10H9N3O2/c1-5-2-6-8(7(3-5)10(14)15)12-4-13-9(6)11/h2-4H,1H3,(H,14,15)(H2,11,12,13). The molecule has 0 amide bonds.